The van der Waals surface area contributed by atoms with Gasteiger partial charge < -0.3 is 49.4 Å². The SMILES string of the molecule is CC[C@H]1OC(=O)[C@H](C)C2O[C@@](C)(C[C@@H](C)CN(C(=O)Nc3ccc(Cl)cc3Cl)[C@H](C)[C@@H](O)[C@]1(C)O)[C@H](O[C@@H]1O[C@H](C)C[C@H](N(C)C)[C@H]1O)[C@H]2C. The summed E-state index contributed by atoms with van der Waals surface area (Å²) in [5, 5.41) is 38.3. The zero-order valence-electron chi connectivity index (χ0n) is 30.9. The zero-order valence-corrected chi connectivity index (χ0v) is 32.4. The second-order valence-electron chi connectivity index (χ2n) is 15.4. The fourth-order valence-corrected chi connectivity index (χ4v) is 8.61. The molecule has 3 aliphatic heterocycles. The van der Waals surface area contributed by atoms with E-state index in [2.05, 4.69) is 5.32 Å². The lowest BCUT2D eigenvalue weighted by Crippen LogP contribution is -2.61. The van der Waals surface area contributed by atoms with Crippen LogP contribution in [0.4, 0.5) is 10.5 Å². The van der Waals surface area contributed by atoms with Gasteiger partial charge in [0, 0.05) is 23.5 Å². The molecule has 0 aromatic heterocycles. The number of ether oxygens (including phenoxy) is 4. The van der Waals surface area contributed by atoms with Gasteiger partial charge in [0.2, 0.25) is 0 Å². The molecular weight excluding hydrogens is 689 g/mol. The highest BCUT2D eigenvalue weighted by Crippen LogP contribution is 2.46. The molecule has 1 aromatic rings. The molecule has 0 saturated carbocycles. The van der Waals surface area contributed by atoms with Crippen molar-refractivity contribution in [3.05, 3.63) is 28.2 Å². The van der Waals surface area contributed by atoms with E-state index in [9.17, 15) is 24.9 Å². The largest absolute Gasteiger partial charge is 0.459 e. The number of cyclic esters (lactones) is 1. The lowest BCUT2D eigenvalue weighted by Gasteiger charge is -2.45. The molecule has 3 aliphatic rings. The summed E-state index contributed by atoms with van der Waals surface area (Å²) in [6, 6.07) is 3.00. The first kappa shape index (κ1) is 41.0. The van der Waals surface area contributed by atoms with Crippen molar-refractivity contribution in [1.29, 1.82) is 0 Å². The van der Waals surface area contributed by atoms with Gasteiger partial charge in [0.15, 0.2) is 6.29 Å². The quantitative estimate of drug-likeness (QED) is 0.306. The minimum atomic E-state index is -1.93. The summed E-state index contributed by atoms with van der Waals surface area (Å²) in [5.74, 6) is -1.94. The van der Waals surface area contributed by atoms with Crippen LogP contribution in [0.15, 0.2) is 18.2 Å². The Bertz CT molecular complexity index is 1350. The number of likely N-dealkylation sites (N-methyl/N-ethyl adjacent to an activating group) is 1. The Morgan fingerprint density at radius 2 is 1.80 bits per heavy atom. The van der Waals surface area contributed by atoms with E-state index in [1.165, 1.54) is 17.9 Å². The van der Waals surface area contributed by atoms with Gasteiger partial charge >= 0.3 is 12.0 Å². The van der Waals surface area contributed by atoms with Crippen LogP contribution in [-0.2, 0) is 23.7 Å². The zero-order chi connectivity index (χ0) is 37.5. The molecule has 4 rings (SSSR count). The molecule has 3 fully saturated rings. The third kappa shape index (κ3) is 8.55. The van der Waals surface area contributed by atoms with Crippen LogP contribution in [0.2, 0.25) is 10.0 Å². The fraction of sp³-hybridized carbons (Fsp3) is 0.778. The van der Waals surface area contributed by atoms with Crippen LogP contribution in [0, 0.1) is 17.8 Å². The van der Waals surface area contributed by atoms with Crippen LogP contribution in [0.25, 0.3) is 0 Å². The number of rotatable bonds is 5. The summed E-state index contributed by atoms with van der Waals surface area (Å²) in [6.07, 6.45) is -4.71. The first-order chi connectivity index (χ1) is 23.2. The topological polar surface area (TPSA) is 150 Å². The molecule has 2 amide bonds. The van der Waals surface area contributed by atoms with Crippen molar-refractivity contribution in [2.75, 3.05) is 26.0 Å². The van der Waals surface area contributed by atoms with E-state index in [1.54, 1.807) is 32.9 Å². The van der Waals surface area contributed by atoms with Gasteiger partial charge in [-0.2, -0.15) is 0 Å². The third-order valence-electron chi connectivity index (χ3n) is 10.9. The van der Waals surface area contributed by atoms with E-state index in [-0.39, 0.29) is 42.0 Å². The summed E-state index contributed by atoms with van der Waals surface area (Å²) in [4.78, 5) is 31.2. The molecule has 4 N–H and O–H groups in total. The van der Waals surface area contributed by atoms with Gasteiger partial charge in [0.05, 0.1) is 46.6 Å². The van der Waals surface area contributed by atoms with E-state index < -0.39 is 72.0 Å². The maximum atomic E-state index is 14.0. The fourth-order valence-electron chi connectivity index (χ4n) is 8.15. The Labute approximate surface area is 306 Å². The Hall–Kier alpha value is -1.74. The average molecular weight is 747 g/mol. The number of amides is 2. The van der Waals surface area contributed by atoms with Crippen molar-refractivity contribution in [1.82, 2.24) is 9.80 Å². The number of anilines is 1. The monoisotopic (exact) mass is 745 g/mol. The van der Waals surface area contributed by atoms with E-state index in [0.29, 0.717) is 23.6 Å². The predicted octanol–water partition coefficient (Wildman–Crippen LogP) is 4.93. The Morgan fingerprint density at radius 3 is 2.40 bits per heavy atom. The molecule has 14 heteroatoms. The highest BCUT2D eigenvalue weighted by atomic mass is 35.5. The number of hydrogen-bond acceptors (Lipinski definition) is 10. The van der Waals surface area contributed by atoms with Crippen molar-refractivity contribution >= 4 is 40.9 Å². The Balaban J connectivity index is 1.74. The number of fused-ring (bicyclic) bond motifs is 2. The number of hydrogen-bond donors (Lipinski definition) is 4. The van der Waals surface area contributed by atoms with Gasteiger partial charge in [-0.05, 0) is 92.1 Å². The number of carbonyl (C=O) groups excluding carboxylic acids is 2. The molecule has 14 atom stereocenters. The summed E-state index contributed by atoms with van der Waals surface area (Å²) >= 11 is 12.5. The van der Waals surface area contributed by atoms with Gasteiger partial charge in [-0.25, -0.2) is 4.79 Å². The van der Waals surface area contributed by atoms with Crippen LogP contribution in [0.3, 0.4) is 0 Å². The Kier molecular flexibility index (Phi) is 13.2. The molecule has 3 saturated heterocycles. The first-order valence-corrected chi connectivity index (χ1v) is 18.4. The number of aliphatic hydroxyl groups excluding tert-OH is 2. The van der Waals surface area contributed by atoms with Crippen molar-refractivity contribution < 1.29 is 43.9 Å². The molecule has 2 bridgehead atoms. The van der Waals surface area contributed by atoms with Crippen LogP contribution in [0.5, 0.6) is 0 Å². The molecule has 3 heterocycles. The Morgan fingerprint density at radius 1 is 1.14 bits per heavy atom. The van der Waals surface area contributed by atoms with Crippen LogP contribution < -0.4 is 5.32 Å². The highest BCUT2D eigenvalue weighted by Gasteiger charge is 2.57. The summed E-state index contributed by atoms with van der Waals surface area (Å²) in [5.41, 5.74) is -2.59. The minimum Gasteiger partial charge on any atom is -0.459 e. The molecule has 0 radical (unpaired) electrons. The summed E-state index contributed by atoms with van der Waals surface area (Å²) in [7, 11) is 3.82. The number of carbonyl (C=O) groups is 2. The number of nitrogens with one attached hydrogen (secondary N) is 1. The number of halogens is 2. The normalized spacial score (nSPS) is 41.8. The molecule has 0 aliphatic carbocycles. The lowest BCUT2D eigenvalue weighted by atomic mass is 9.82. The van der Waals surface area contributed by atoms with Crippen molar-refractivity contribution in [3.8, 4) is 0 Å². The smallest absolute Gasteiger partial charge is 0.322 e. The minimum absolute atomic E-state index is 0.143. The molecule has 50 heavy (non-hydrogen) atoms. The van der Waals surface area contributed by atoms with Crippen LogP contribution in [0.1, 0.15) is 74.7 Å². The lowest BCUT2D eigenvalue weighted by molar-refractivity contribution is -0.283. The average Bonchev–Trinajstić information content (AvgIpc) is 3.27. The molecular formula is C36H57Cl2N3O9. The summed E-state index contributed by atoms with van der Waals surface area (Å²) < 4.78 is 25.6. The first-order valence-electron chi connectivity index (χ1n) is 17.7. The van der Waals surface area contributed by atoms with Crippen molar-refractivity contribution in [2.45, 2.75) is 141 Å². The number of esters is 1. The van der Waals surface area contributed by atoms with E-state index >= 15 is 0 Å². The summed E-state index contributed by atoms with van der Waals surface area (Å²) in [6.45, 7) is 14.5. The number of benzene rings is 1. The second-order valence-corrected chi connectivity index (χ2v) is 16.3. The highest BCUT2D eigenvalue weighted by molar-refractivity contribution is 6.36. The van der Waals surface area contributed by atoms with Crippen LogP contribution in [-0.4, -0.2) is 124 Å². The number of aliphatic hydroxyl groups is 3. The molecule has 1 unspecified atom stereocenters. The van der Waals surface area contributed by atoms with Gasteiger partial charge in [-0.1, -0.05) is 44.0 Å². The molecule has 1 aromatic carbocycles. The van der Waals surface area contributed by atoms with E-state index in [0.717, 1.165) is 0 Å². The van der Waals surface area contributed by atoms with Gasteiger partial charge in [-0.15, -0.1) is 0 Å². The van der Waals surface area contributed by atoms with Gasteiger partial charge in [-0.3, -0.25) is 4.79 Å². The predicted molar refractivity (Wildman–Crippen MR) is 191 cm³/mol. The maximum Gasteiger partial charge on any atom is 0.322 e. The van der Waals surface area contributed by atoms with E-state index in [1.807, 2.05) is 46.7 Å². The van der Waals surface area contributed by atoms with Gasteiger partial charge in [0.25, 0.3) is 0 Å². The van der Waals surface area contributed by atoms with Crippen molar-refractivity contribution in [2.24, 2.45) is 17.8 Å². The standard InChI is InChI=1S/C36H57Cl2N3O9/c1-11-27-36(8,46)30(43)22(6)41(34(45)39-25-13-12-23(37)15-24(25)38)17-18(2)16-35(7)31(20(4)29(50-35)21(5)32(44)48-27)49-33-28(42)26(40(9)10)14-19(3)47-33/h12-13,15,18-22,26-31,33,42-43,46H,11,14,16-17H2,1-10H3,(H,39,45)/t18-,19-,20+,21-,22-,26+,27-,28-,29?,30-,31-,33+,35+,36-/m1/s1. The van der Waals surface area contributed by atoms with Crippen LogP contribution >= 0.6 is 23.2 Å². The number of urea groups is 1. The number of nitrogens with zero attached hydrogens (tertiary/aromatic N) is 2. The van der Waals surface area contributed by atoms with Gasteiger partial charge in [0.1, 0.15) is 23.9 Å². The molecule has 12 nitrogen and oxygen atoms in total. The maximum absolute atomic E-state index is 14.0. The van der Waals surface area contributed by atoms with Crippen molar-refractivity contribution in [3.63, 3.8) is 0 Å². The third-order valence-corrected chi connectivity index (χ3v) is 11.5. The molecule has 0 spiro atoms. The van der Waals surface area contributed by atoms with E-state index in [4.69, 9.17) is 42.1 Å². The molecule has 284 valence electrons. The second kappa shape index (κ2) is 16.1.